The molecule has 0 radical (unpaired) electrons. The quantitative estimate of drug-likeness (QED) is 0.0140. The molecule has 0 unspecified atom stereocenters. The van der Waals surface area contributed by atoms with Crippen molar-refractivity contribution in [2.75, 3.05) is 47.7 Å². The number of ether oxygens (including phenoxy) is 5. The number of carboxylic acid groups (broad SMARTS) is 5. The number of anilines is 4. The molecule has 35 heteroatoms. The molecule has 4 N–H and O–H groups in total. The van der Waals surface area contributed by atoms with E-state index in [0.29, 0.717) is 37.8 Å². The molecule has 0 aromatic heterocycles. The summed E-state index contributed by atoms with van der Waals surface area (Å²) in [6, 6.07) is 24.0. The van der Waals surface area contributed by atoms with Crippen molar-refractivity contribution in [3.63, 3.8) is 0 Å². The molecule has 5 rings (SSSR count). The predicted molar refractivity (Wildman–Crippen MR) is 340 cm³/mol. The Hall–Kier alpha value is -4.98. The second-order valence-electron chi connectivity index (χ2n) is 15.2. The number of amides is 4. The third-order valence-corrected chi connectivity index (χ3v) is 17.5. The number of hydrogen-bond donors (Lipinski definition) is 4. The van der Waals surface area contributed by atoms with Gasteiger partial charge in [0.15, 0.2) is 5.75 Å². The number of halogens is 11. The fraction of sp³-hybridized carbons (Fsp3) is 0.176. The highest BCUT2D eigenvalue weighted by atomic mass is 79.9. The summed E-state index contributed by atoms with van der Waals surface area (Å²) in [5, 5.41) is 60.4. The first-order valence-corrected chi connectivity index (χ1v) is 31.7. The summed E-state index contributed by atoms with van der Waals surface area (Å²) in [7, 11) is 0. The second-order valence-corrected chi connectivity index (χ2v) is 24.6. The van der Waals surface area contributed by atoms with E-state index in [0.717, 1.165) is 46.3 Å². The lowest BCUT2D eigenvalue weighted by Crippen LogP contribution is -2.25. The molecule has 86 heavy (non-hydrogen) atoms. The largest absolute Gasteiger partial charge is 0.550 e. The van der Waals surface area contributed by atoms with Crippen LogP contribution in [0.5, 0.6) is 5.75 Å². The van der Waals surface area contributed by atoms with Crippen LogP contribution in [0.4, 0.5) is 41.9 Å². The maximum absolute atomic E-state index is 11.3. The minimum Gasteiger partial charge on any atom is -0.550 e. The SMILES string of the molecule is O=C([O-])/C=C\C(=O)Oc1c(Br)cc(Br)cc1Br.O=C([O-])CCCOC(=O)Nc1cccc(Br)c1.O=C([O-])CCOC(=O)Nc1cc(Br)c(Br)c(Br)c1.O=C([O-])CCOC(=O)Nc1cc(Br)c(Br)c(Br)c1.O=C([O-])CCOC(=O)Nc1ccc(Br)cc1. The molecule has 0 bridgehead atoms. The monoisotopic (exact) mass is 1890 g/mol. The average Bonchev–Trinajstić information content (AvgIpc) is 3.33. The summed E-state index contributed by atoms with van der Waals surface area (Å²) in [5.74, 6) is -6.94. The van der Waals surface area contributed by atoms with Gasteiger partial charge in [-0.2, -0.15) is 0 Å². The van der Waals surface area contributed by atoms with Gasteiger partial charge < -0.3 is 73.2 Å². The van der Waals surface area contributed by atoms with Crippen molar-refractivity contribution in [2.45, 2.75) is 32.1 Å². The number of nitrogens with one attached hydrogen (secondary N) is 4. The molecule has 5 aromatic carbocycles. The van der Waals surface area contributed by atoms with Crippen LogP contribution >= 0.6 is 175 Å². The minimum absolute atomic E-state index is 0.0494. The molecule has 0 saturated carbocycles. The van der Waals surface area contributed by atoms with Gasteiger partial charge >= 0.3 is 30.3 Å². The van der Waals surface area contributed by atoms with Gasteiger partial charge in [-0.1, -0.05) is 53.9 Å². The molecule has 0 fully saturated rings. The number of benzene rings is 5. The zero-order chi connectivity index (χ0) is 65.1. The van der Waals surface area contributed by atoms with E-state index in [2.05, 4.69) is 211 Å². The van der Waals surface area contributed by atoms with Crippen LogP contribution in [-0.2, 0) is 47.7 Å². The van der Waals surface area contributed by atoms with E-state index < -0.39 is 60.2 Å². The first-order valence-electron chi connectivity index (χ1n) is 23.0. The lowest BCUT2D eigenvalue weighted by molar-refractivity contribution is -0.307. The summed E-state index contributed by atoms with van der Waals surface area (Å²) in [6.07, 6.45) is -2.23. The van der Waals surface area contributed by atoms with Gasteiger partial charge in [0, 0.05) is 112 Å². The molecule has 0 aliphatic carbocycles. The standard InChI is InChI=1S/C11H12BrNO4.2C10H8Br3NO4.C10H5Br3O4.C10H10BrNO4/c12-8-3-1-4-9(7-8)13-11(16)17-6-2-5-10(14)15;2*11-6-3-5(4-7(12)9(6)13)14-10(17)18-2-1-8(15)16;11-5-3-6(12)10(7(13)4-5)17-9(16)2-1-8(14)15;11-7-1-3-8(4-2-7)12-10(15)16-6-5-9(13)14/h1,3-4,7H,2,5-6H2,(H,13,16)(H,14,15);2*3-4H,1-2H2,(H,14,17)(H,15,16);1-4H,(H,14,15);1-4H,5-6H2,(H,12,15)(H,13,14)/p-5/b;;;2-1-;. The van der Waals surface area contributed by atoms with Gasteiger partial charge in [0.25, 0.3) is 0 Å². The maximum Gasteiger partial charge on any atom is 0.411 e. The lowest BCUT2D eigenvalue weighted by atomic mass is 10.3. The summed E-state index contributed by atoms with van der Waals surface area (Å²) in [4.78, 5) is 107. The predicted octanol–water partition coefficient (Wildman–Crippen LogP) is 10.2. The van der Waals surface area contributed by atoms with Gasteiger partial charge in [0.1, 0.15) is 0 Å². The highest BCUT2D eigenvalue weighted by Gasteiger charge is 2.13. The van der Waals surface area contributed by atoms with Crippen LogP contribution in [0.15, 0.2) is 146 Å². The Morgan fingerprint density at radius 3 is 1.12 bits per heavy atom. The van der Waals surface area contributed by atoms with Crippen LogP contribution in [0.1, 0.15) is 32.1 Å². The maximum atomic E-state index is 11.3. The number of carbonyl (C=O) groups excluding carboxylic acids is 10. The van der Waals surface area contributed by atoms with Crippen LogP contribution in [0.3, 0.4) is 0 Å². The van der Waals surface area contributed by atoms with Gasteiger partial charge in [-0.3, -0.25) is 21.3 Å². The Morgan fingerprint density at radius 1 is 0.372 bits per heavy atom. The number of hydrogen-bond acceptors (Lipinski definition) is 20. The van der Waals surface area contributed by atoms with Gasteiger partial charge in [-0.15, -0.1) is 0 Å². The van der Waals surface area contributed by atoms with Crippen molar-refractivity contribution >= 4 is 258 Å². The molecule has 0 atom stereocenters. The van der Waals surface area contributed by atoms with Crippen molar-refractivity contribution in [3.05, 3.63) is 146 Å². The summed E-state index contributed by atoms with van der Waals surface area (Å²) < 4.78 is 31.9. The van der Waals surface area contributed by atoms with Gasteiger partial charge in [0.05, 0.1) is 41.3 Å². The Morgan fingerprint density at radius 2 is 0.744 bits per heavy atom. The number of esters is 1. The molecular weight excluding hydrogens is 1870 g/mol. The first-order chi connectivity index (χ1) is 40.3. The number of carboxylic acids is 5. The van der Waals surface area contributed by atoms with Crippen LogP contribution in [0.2, 0.25) is 0 Å². The topological polar surface area (TPSA) is 380 Å². The number of rotatable bonds is 20. The van der Waals surface area contributed by atoms with Crippen molar-refractivity contribution < 1.29 is 97.2 Å². The van der Waals surface area contributed by atoms with Crippen LogP contribution in [-0.4, -0.2) is 86.6 Å². The Balaban J connectivity index is 0.000000538. The molecule has 4 amide bonds. The molecule has 0 heterocycles. The Kier molecular flexibility index (Phi) is 40.1. The van der Waals surface area contributed by atoms with E-state index in [9.17, 15) is 73.5 Å². The smallest absolute Gasteiger partial charge is 0.411 e. The van der Waals surface area contributed by atoms with Gasteiger partial charge in [-0.05, 0) is 225 Å². The van der Waals surface area contributed by atoms with Crippen LogP contribution in [0.25, 0.3) is 0 Å². The van der Waals surface area contributed by atoms with Crippen LogP contribution < -0.4 is 51.5 Å². The lowest BCUT2D eigenvalue weighted by Gasteiger charge is -2.09. The number of aliphatic carboxylic acids is 5. The molecule has 464 valence electrons. The summed E-state index contributed by atoms with van der Waals surface area (Å²) in [5.41, 5.74) is 2.19. The molecule has 0 aliphatic heterocycles. The first kappa shape index (κ1) is 79.0. The van der Waals surface area contributed by atoms with Crippen molar-refractivity contribution in [2.24, 2.45) is 0 Å². The van der Waals surface area contributed by atoms with E-state index in [4.69, 9.17) is 9.47 Å². The second kappa shape index (κ2) is 43.6. The molecular formula is C51H38Br11N4O20-5. The zero-order valence-corrected chi connectivity index (χ0v) is 60.4. The van der Waals surface area contributed by atoms with Gasteiger partial charge in [0.2, 0.25) is 0 Å². The van der Waals surface area contributed by atoms with E-state index in [1.54, 1.807) is 78.9 Å². The fourth-order valence-electron chi connectivity index (χ4n) is 4.93. The van der Waals surface area contributed by atoms with E-state index in [1.807, 2.05) is 6.07 Å². The Labute approximate surface area is 581 Å². The average molecular weight is 1910 g/mol. The van der Waals surface area contributed by atoms with Crippen LogP contribution in [0, 0.1) is 0 Å². The molecule has 0 saturated heterocycles. The highest BCUT2D eigenvalue weighted by molar-refractivity contribution is 9.15. The minimum atomic E-state index is -1.46. The van der Waals surface area contributed by atoms with Gasteiger partial charge in [-0.25, -0.2) is 24.0 Å². The molecule has 0 spiro atoms. The third-order valence-electron chi connectivity index (χ3n) is 8.52. The summed E-state index contributed by atoms with van der Waals surface area (Å²) >= 11 is 36.1. The van der Waals surface area contributed by atoms with Crippen molar-refractivity contribution in [1.29, 1.82) is 0 Å². The van der Waals surface area contributed by atoms with E-state index in [-0.39, 0.29) is 64.3 Å². The van der Waals surface area contributed by atoms with Crippen molar-refractivity contribution in [3.8, 4) is 5.75 Å². The number of carbonyl (C=O) groups is 10. The molecule has 0 aliphatic rings. The summed E-state index contributed by atoms with van der Waals surface area (Å²) in [6.45, 7) is -0.613. The molecule has 5 aromatic rings. The fourth-order valence-corrected chi connectivity index (χ4v) is 10.8. The highest BCUT2D eigenvalue weighted by Crippen LogP contribution is 2.37. The normalized spacial score (nSPS) is 9.94. The van der Waals surface area contributed by atoms with E-state index in [1.165, 1.54) is 0 Å². The van der Waals surface area contributed by atoms with E-state index >= 15 is 0 Å². The van der Waals surface area contributed by atoms with Crippen molar-refractivity contribution in [1.82, 2.24) is 0 Å². The Bertz CT molecular complexity index is 3060. The molecule has 24 nitrogen and oxygen atoms in total. The third kappa shape index (κ3) is 37.7. The zero-order valence-electron chi connectivity index (χ0n) is 42.9.